The molecule has 8 nitrogen and oxygen atoms in total. The van der Waals surface area contributed by atoms with Crippen molar-refractivity contribution in [3.8, 4) is 6.07 Å². The van der Waals surface area contributed by atoms with E-state index in [0.717, 1.165) is 12.8 Å². The summed E-state index contributed by atoms with van der Waals surface area (Å²) in [6, 6.07) is 11.7. The minimum atomic E-state index is -3.52. The van der Waals surface area contributed by atoms with Gasteiger partial charge in [0.2, 0.25) is 10.0 Å². The van der Waals surface area contributed by atoms with Crippen LogP contribution in [0.25, 0.3) is 0 Å². The molecule has 29 heavy (non-hydrogen) atoms. The summed E-state index contributed by atoms with van der Waals surface area (Å²) < 4.78 is 27.1. The molecule has 1 aromatic carbocycles. The second kappa shape index (κ2) is 7.81. The maximum absolute atomic E-state index is 12.8. The first-order valence-corrected chi connectivity index (χ1v) is 11.0. The fraction of sp³-hybridized carbons (Fsp3) is 0.350. The third-order valence-electron chi connectivity index (χ3n) is 5.08. The number of hydrogen-bond donors (Lipinski definition) is 1. The summed E-state index contributed by atoms with van der Waals surface area (Å²) in [5.41, 5.74) is 0.975. The molecule has 2 heterocycles. The molecule has 1 N–H and O–H groups in total. The van der Waals surface area contributed by atoms with Crippen molar-refractivity contribution >= 4 is 21.7 Å². The number of hydrogen-bond acceptors (Lipinski definition) is 6. The lowest BCUT2D eigenvalue weighted by atomic mass is 10.1. The number of carbonyl (C=O) groups is 1. The molecular formula is C20H21N5O3S. The predicted octanol–water partition coefficient (Wildman–Crippen LogP) is 1.36. The molecule has 0 bridgehead atoms. The summed E-state index contributed by atoms with van der Waals surface area (Å²) in [4.78, 5) is 21.0. The molecule has 4 rings (SSSR count). The van der Waals surface area contributed by atoms with Gasteiger partial charge in [0.25, 0.3) is 5.91 Å². The highest BCUT2D eigenvalue weighted by Gasteiger charge is 2.28. The van der Waals surface area contributed by atoms with Gasteiger partial charge in [0, 0.05) is 44.0 Å². The third-order valence-corrected chi connectivity index (χ3v) is 6.62. The number of sulfonamides is 1. The molecule has 9 heteroatoms. The van der Waals surface area contributed by atoms with E-state index in [9.17, 15) is 18.5 Å². The number of benzene rings is 1. The minimum absolute atomic E-state index is 0.0401. The molecule has 1 aliphatic heterocycles. The van der Waals surface area contributed by atoms with E-state index < -0.39 is 10.0 Å². The molecule has 1 aromatic heterocycles. The second-order valence-electron chi connectivity index (χ2n) is 7.19. The van der Waals surface area contributed by atoms with Gasteiger partial charge in [-0.25, -0.2) is 18.1 Å². The summed E-state index contributed by atoms with van der Waals surface area (Å²) in [5, 5.41) is 9.24. The van der Waals surface area contributed by atoms with Gasteiger partial charge >= 0.3 is 0 Å². The first-order valence-electron chi connectivity index (χ1n) is 9.50. The van der Waals surface area contributed by atoms with Gasteiger partial charge in [-0.1, -0.05) is 0 Å². The van der Waals surface area contributed by atoms with Crippen molar-refractivity contribution in [2.45, 2.75) is 23.8 Å². The van der Waals surface area contributed by atoms with Crippen molar-refractivity contribution in [2.75, 3.05) is 31.1 Å². The Labute approximate surface area is 169 Å². The van der Waals surface area contributed by atoms with E-state index in [1.807, 2.05) is 4.90 Å². The van der Waals surface area contributed by atoms with Crippen molar-refractivity contribution in [3.05, 3.63) is 53.7 Å². The summed E-state index contributed by atoms with van der Waals surface area (Å²) in [5.74, 6) is 0.505. The van der Waals surface area contributed by atoms with E-state index in [4.69, 9.17) is 0 Å². The largest absolute Gasteiger partial charge is 0.352 e. The Bertz CT molecular complexity index is 1050. The van der Waals surface area contributed by atoms with Gasteiger partial charge in [0.1, 0.15) is 11.9 Å². The van der Waals surface area contributed by atoms with Crippen LogP contribution < -0.4 is 9.62 Å². The van der Waals surface area contributed by atoms with E-state index in [-0.39, 0.29) is 16.8 Å². The van der Waals surface area contributed by atoms with Gasteiger partial charge in [-0.05, 0) is 49.2 Å². The SMILES string of the molecule is N#Cc1cccnc1N1CCN(C(=O)c2ccc(S(=O)(=O)NC3CC3)cc2)CC1. The topological polar surface area (TPSA) is 106 Å². The van der Waals surface area contributed by atoms with Crippen LogP contribution in [0, 0.1) is 11.3 Å². The molecule has 0 atom stereocenters. The quantitative estimate of drug-likeness (QED) is 0.796. The van der Waals surface area contributed by atoms with Crippen molar-refractivity contribution < 1.29 is 13.2 Å². The van der Waals surface area contributed by atoms with E-state index in [2.05, 4.69) is 15.8 Å². The molecule has 150 valence electrons. The zero-order valence-electron chi connectivity index (χ0n) is 15.8. The average Bonchev–Trinajstić information content (AvgIpc) is 3.57. The molecule has 1 saturated heterocycles. The highest BCUT2D eigenvalue weighted by molar-refractivity contribution is 7.89. The van der Waals surface area contributed by atoms with Gasteiger partial charge in [-0.3, -0.25) is 4.79 Å². The van der Waals surface area contributed by atoms with Crippen molar-refractivity contribution in [2.24, 2.45) is 0 Å². The summed E-state index contributed by atoms with van der Waals surface area (Å²) >= 11 is 0. The first kappa shape index (κ1) is 19.4. The highest BCUT2D eigenvalue weighted by atomic mass is 32.2. The lowest BCUT2D eigenvalue weighted by Crippen LogP contribution is -2.49. The molecular weight excluding hydrogens is 390 g/mol. The van der Waals surface area contributed by atoms with Crippen LogP contribution >= 0.6 is 0 Å². The van der Waals surface area contributed by atoms with Gasteiger partial charge in [0.05, 0.1) is 10.5 Å². The van der Waals surface area contributed by atoms with E-state index in [0.29, 0.717) is 43.1 Å². The van der Waals surface area contributed by atoms with E-state index >= 15 is 0 Å². The molecule has 2 aromatic rings. The summed E-state index contributed by atoms with van der Waals surface area (Å²) in [6.07, 6.45) is 3.40. The third kappa shape index (κ3) is 4.23. The molecule has 0 spiro atoms. The monoisotopic (exact) mass is 411 g/mol. The van der Waals surface area contributed by atoms with Crippen LogP contribution in [0.3, 0.4) is 0 Å². The Morgan fingerprint density at radius 2 is 1.79 bits per heavy atom. The lowest BCUT2D eigenvalue weighted by molar-refractivity contribution is 0.0746. The maximum atomic E-state index is 12.8. The zero-order valence-corrected chi connectivity index (χ0v) is 16.6. The summed E-state index contributed by atoms with van der Waals surface area (Å²) in [6.45, 7) is 2.16. The fourth-order valence-electron chi connectivity index (χ4n) is 3.31. The van der Waals surface area contributed by atoms with Gasteiger partial charge in [-0.2, -0.15) is 5.26 Å². The number of nitrogens with one attached hydrogen (secondary N) is 1. The van der Waals surface area contributed by atoms with Gasteiger partial charge in [-0.15, -0.1) is 0 Å². The minimum Gasteiger partial charge on any atom is -0.352 e. The van der Waals surface area contributed by atoms with Crippen molar-refractivity contribution in [1.82, 2.24) is 14.6 Å². The lowest BCUT2D eigenvalue weighted by Gasteiger charge is -2.35. The Morgan fingerprint density at radius 1 is 1.10 bits per heavy atom. The normalized spacial score (nSPS) is 17.1. The van der Waals surface area contributed by atoms with Crippen LogP contribution in [0.4, 0.5) is 5.82 Å². The fourth-order valence-corrected chi connectivity index (χ4v) is 4.61. The predicted molar refractivity (Wildman–Crippen MR) is 107 cm³/mol. The molecule has 2 fully saturated rings. The van der Waals surface area contributed by atoms with E-state index in [1.165, 1.54) is 12.1 Å². The molecule has 1 aliphatic carbocycles. The number of nitriles is 1. The van der Waals surface area contributed by atoms with Crippen LogP contribution in [0.1, 0.15) is 28.8 Å². The number of carbonyl (C=O) groups excluding carboxylic acids is 1. The van der Waals surface area contributed by atoms with Crippen LogP contribution in [-0.4, -0.2) is 56.4 Å². The highest BCUT2D eigenvalue weighted by Crippen LogP contribution is 2.23. The number of nitrogens with zero attached hydrogens (tertiary/aromatic N) is 4. The number of amides is 1. The van der Waals surface area contributed by atoms with Crippen molar-refractivity contribution in [3.63, 3.8) is 0 Å². The average molecular weight is 411 g/mol. The number of anilines is 1. The van der Waals surface area contributed by atoms with Gasteiger partial charge in [0.15, 0.2) is 0 Å². The van der Waals surface area contributed by atoms with Gasteiger partial charge < -0.3 is 9.80 Å². The maximum Gasteiger partial charge on any atom is 0.253 e. The van der Waals surface area contributed by atoms with Crippen LogP contribution in [0.5, 0.6) is 0 Å². The first-order chi connectivity index (χ1) is 14.0. The number of rotatable bonds is 5. The Kier molecular flexibility index (Phi) is 5.22. The molecule has 2 aliphatic rings. The van der Waals surface area contributed by atoms with Crippen LogP contribution in [-0.2, 0) is 10.0 Å². The smallest absolute Gasteiger partial charge is 0.253 e. The molecule has 0 unspecified atom stereocenters. The zero-order chi connectivity index (χ0) is 20.4. The molecule has 1 amide bonds. The second-order valence-corrected chi connectivity index (χ2v) is 8.90. The molecule has 1 saturated carbocycles. The van der Waals surface area contributed by atoms with E-state index in [1.54, 1.807) is 35.4 Å². The molecule has 0 radical (unpaired) electrons. The number of aromatic nitrogens is 1. The number of piperazine rings is 1. The number of pyridine rings is 1. The van der Waals surface area contributed by atoms with Crippen LogP contribution in [0.15, 0.2) is 47.5 Å². The Morgan fingerprint density at radius 3 is 2.41 bits per heavy atom. The van der Waals surface area contributed by atoms with Crippen LogP contribution in [0.2, 0.25) is 0 Å². The Hall–Kier alpha value is -2.96. The Balaban J connectivity index is 1.40. The standard InChI is InChI=1S/C20H21N5O3S/c21-14-16-2-1-9-22-19(16)24-10-12-25(13-11-24)20(26)15-3-7-18(8-4-15)29(27,28)23-17-5-6-17/h1-4,7-9,17,23H,5-6,10-13H2. The summed E-state index contributed by atoms with van der Waals surface area (Å²) in [7, 11) is -3.52. The van der Waals surface area contributed by atoms with Crippen molar-refractivity contribution in [1.29, 1.82) is 5.26 Å².